The molecule has 0 aliphatic carbocycles. The molecule has 0 heterocycles. The van der Waals surface area contributed by atoms with Gasteiger partial charge in [0.1, 0.15) is 0 Å². The lowest BCUT2D eigenvalue weighted by Gasteiger charge is -2.21. The molecule has 0 rings (SSSR count). The van der Waals surface area contributed by atoms with E-state index in [2.05, 4.69) is 11.1 Å². The largest absolute Gasteiger partial charge is 0.415 e. The first-order chi connectivity index (χ1) is 6.23. The van der Waals surface area contributed by atoms with E-state index in [4.69, 9.17) is 4.89 Å². The zero-order valence-corrected chi connectivity index (χ0v) is 8.52. The maximum atomic E-state index is 12.2. The summed E-state index contributed by atoms with van der Waals surface area (Å²) in [4.78, 5) is 8.88. The predicted molar refractivity (Wildman–Crippen MR) is 46.1 cm³/mol. The molecule has 0 bridgehead atoms. The predicted octanol–water partition coefficient (Wildman–Crippen LogP) is 2.72. The number of rotatable bonds is 5. The molecule has 0 aromatic carbocycles. The van der Waals surface area contributed by atoms with E-state index in [1.807, 2.05) is 0 Å². The third-order valence-electron chi connectivity index (χ3n) is 1.44. The van der Waals surface area contributed by atoms with Gasteiger partial charge in [0.2, 0.25) is 0 Å². The van der Waals surface area contributed by atoms with E-state index >= 15 is 0 Å². The minimum atomic E-state index is -4.65. The first-order valence-corrected chi connectivity index (χ1v) is 5.67. The van der Waals surface area contributed by atoms with Gasteiger partial charge >= 0.3 is 13.8 Å². The Kier molecular flexibility index (Phi) is 4.84. The van der Waals surface area contributed by atoms with Crippen molar-refractivity contribution in [2.24, 2.45) is 0 Å². The lowest BCUT2D eigenvalue weighted by atomic mass is 10.2. The first-order valence-electron chi connectivity index (χ1n) is 3.90. The van der Waals surface area contributed by atoms with Gasteiger partial charge in [-0.05, 0) is 0 Å². The second-order valence-corrected chi connectivity index (χ2v) is 4.73. The van der Waals surface area contributed by atoms with E-state index in [1.54, 1.807) is 0 Å². The molecule has 3 nitrogen and oxygen atoms in total. The van der Waals surface area contributed by atoms with Crippen molar-refractivity contribution in [3.63, 3.8) is 0 Å². The summed E-state index contributed by atoms with van der Waals surface area (Å²) in [7, 11) is -4.12. The van der Waals surface area contributed by atoms with Crippen LogP contribution in [0.25, 0.3) is 0 Å². The molecule has 0 radical (unpaired) electrons. The van der Waals surface area contributed by atoms with E-state index in [-0.39, 0.29) is 6.16 Å². The van der Waals surface area contributed by atoms with Gasteiger partial charge in [0, 0.05) is 12.6 Å². The summed E-state index contributed by atoms with van der Waals surface area (Å²) in [5, 5.41) is 0. The molecule has 2 atom stereocenters. The molecular formula is C7H12F3O3P. The smallest absolute Gasteiger partial charge is 0.324 e. The molecule has 1 N–H and O–H groups in total. The Bertz CT molecular complexity index is 239. The molecule has 14 heavy (non-hydrogen) atoms. The van der Waals surface area contributed by atoms with Gasteiger partial charge < -0.3 is 4.89 Å². The number of halogens is 3. The summed E-state index contributed by atoms with van der Waals surface area (Å²) in [5.74, 6) is 0. The zero-order valence-electron chi connectivity index (χ0n) is 7.62. The maximum Gasteiger partial charge on any atom is 0.415 e. The molecule has 84 valence electrons. The van der Waals surface area contributed by atoms with E-state index in [0.29, 0.717) is 0 Å². The van der Waals surface area contributed by atoms with Crippen molar-refractivity contribution in [2.75, 3.05) is 6.16 Å². The monoisotopic (exact) mass is 232 g/mol. The Hall–Kier alpha value is -0.320. The SMILES string of the molecule is C=CCC(OP(=O)(O)CC)C(F)(F)F. The zero-order chi connectivity index (χ0) is 11.4. The van der Waals surface area contributed by atoms with Crippen molar-refractivity contribution >= 4 is 7.60 Å². The summed E-state index contributed by atoms with van der Waals surface area (Å²) in [5.41, 5.74) is 0. The van der Waals surface area contributed by atoms with Crippen molar-refractivity contribution in [3.8, 4) is 0 Å². The highest BCUT2D eigenvalue weighted by molar-refractivity contribution is 7.52. The van der Waals surface area contributed by atoms with Crippen LogP contribution in [0.5, 0.6) is 0 Å². The normalized spacial score (nSPS) is 18.6. The van der Waals surface area contributed by atoms with Crippen molar-refractivity contribution in [1.82, 2.24) is 0 Å². The molecule has 0 spiro atoms. The fraction of sp³-hybridized carbons (Fsp3) is 0.714. The lowest BCUT2D eigenvalue weighted by molar-refractivity contribution is -0.195. The fourth-order valence-electron chi connectivity index (χ4n) is 0.661. The molecule has 7 heteroatoms. The standard InChI is InChI=1S/C7H12F3O3P/c1-3-5-6(7(8,9)10)13-14(11,12)4-2/h3,6H,1,4-5H2,2H3,(H,11,12). The van der Waals surface area contributed by atoms with Crippen molar-refractivity contribution in [2.45, 2.75) is 25.6 Å². The van der Waals surface area contributed by atoms with E-state index in [0.717, 1.165) is 6.08 Å². The number of hydrogen-bond acceptors (Lipinski definition) is 2. The third kappa shape index (κ3) is 4.79. The van der Waals surface area contributed by atoms with Gasteiger partial charge in [0.25, 0.3) is 0 Å². The highest BCUT2D eigenvalue weighted by atomic mass is 31.2. The van der Waals surface area contributed by atoms with Gasteiger partial charge in [-0.3, -0.25) is 9.09 Å². The van der Waals surface area contributed by atoms with E-state index in [9.17, 15) is 17.7 Å². The number of hydrogen-bond donors (Lipinski definition) is 1. The van der Waals surface area contributed by atoms with Crippen LogP contribution >= 0.6 is 7.60 Å². The van der Waals surface area contributed by atoms with Crippen LogP contribution in [0.2, 0.25) is 0 Å². The van der Waals surface area contributed by atoms with Crippen LogP contribution in [0.15, 0.2) is 12.7 Å². The minimum Gasteiger partial charge on any atom is -0.324 e. The topological polar surface area (TPSA) is 46.5 Å². The van der Waals surface area contributed by atoms with Crippen LogP contribution in [0.3, 0.4) is 0 Å². The molecular weight excluding hydrogens is 220 g/mol. The average Bonchev–Trinajstić information content (AvgIpc) is 2.02. The van der Waals surface area contributed by atoms with Crippen LogP contribution in [0, 0.1) is 0 Å². The van der Waals surface area contributed by atoms with E-state index < -0.39 is 26.3 Å². The quantitative estimate of drug-likeness (QED) is 0.585. The van der Waals surface area contributed by atoms with Gasteiger partial charge in [-0.1, -0.05) is 13.0 Å². The Balaban J connectivity index is 4.54. The third-order valence-corrected chi connectivity index (χ3v) is 2.82. The van der Waals surface area contributed by atoms with Gasteiger partial charge in [-0.15, -0.1) is 6.58 Å². The summed E-state index contributed by atoms with van der Waals surface area (Å²) in [6, 6.07) is 0. The summed E-state index contributed by atoms with van der Waals surface area (Å²) < 4.78 is 51.5. The molecule has 0 fully saturated rings. The van der Waals surface area contributed by atoms with Gasteiger partial charge in [-0.2, -0.15) is 13.2 Å². The molecule has 0 amide bonds. The van der Waals surface area contributed by atoms with Crippen LogP contribution in [0.4, 0.5) is 13.2 Å². The second kappa shape index (κ2) is 4.96. The Morgan fingerprint density at radius 1 is 1.64 bits per heavy atom. The molecule has 0 saturated carbocycles. The fourth-order valence-corrected chi connectivity index (χ4v) is 1.41. The average molecular weight is 232 g/mol. The van der Waals surface area contributed by atoms with Gasteiger partial charge in [0.15, 0.2) is 6.10 Å². The van der Waals surface area contributed by atoms with Crippen LogP contribution in [-0.2, 0) is 9.09 Å². The second-order valence-electron chi connectivity index (χ2n) is 2.61. The number of alkyl halides is 3. The van der Waals surface area contributed by atoms with Crippen LogP contribution in [-0.4, -0.2) is 23.3 Å². The minimum absolute atomic E-state index is 0.350. The summed E-state index contributed by atoms with van der Waals surface area (Å²) in [6.07, 6.45) is -6.80. The van der Waals surface area contributed by atoms with Gasteiger partial charge in [-0.25, -0.2) is 0 Å². The Morgan fingerprint density at radius 2 is 2.14 bits per heavy atom. The van der Waals surface area contributed by atoms with Crippen molar-refractivity contribution < 1.29 is 27.2 Å². The Morgan fingerprint density at radius 3 is 2.43 bits per heavy atom. The molecule has 2 unspecified atom stereocenters. The highest BCUT2D eigenvalue weighted by Crippen LogP contribution is 2.46. The summed E-state index contributed by atoms with van der Waals surface area (Å²) in [6.45, 7) is 4.40. The molecule has 0 aromatic heterocycles. The maximum absolute atomic E-state index is 12.2. The first kappa shape index (κ1) is 13.7. The molecule has 0 aliphatic rings. The molecule has 0 aliphatic heterocycles. The van der Waals surface area contributed by atoms with Crippen molar-refractivity contribution in [3.05, 3.63) is 12.7 Å². The van der Waals surface area contributed by atoms with Gasteiger partial charge in [0.05, 0.1) is 0 Å². The lowest BCUT2D eigenvalue weighted by Crippen LogP contribution is -2.30. The highest BCUT2D eigenvalue weighted by Gasteiger charge is 2.43. The summed E-state index contributed by atoms with van der Waals surface area (Å²) >= 11 is 0. The van der Waals surface area contributed by atoms with Crippen LogP contribution in [0.1, 0.15) is 13.3 Å². The van der Waals surface area contributed by atoms with E-state index in [1.165, 1.54) is 6.92 Å². The van der Waals surface area contributed by atoms with Crippen molar-refractivity contribution in [1.29, 1.82) is 0 Å². The Labute approximate surface area is 80.1 Å². The molecule has 0 saturated heterocycles. The van der Waals surface area contributed by atoms with Crippen LogP contribution < -0.4 is 0 Å². The molecule has 0 aromatic rings.